The van der Waals surface area contributed by atoms with Gasteiger partial charge in [-0.15, -0.1) is 0 Å². The second kappa shape index (κ2) is 14.5. The van der Waals surface area contributed by atoms with E-state index in [1.807, 2.05) is 27.7 Å². The number of carboxylic acid groups (broad SMARTS) is 1. The summed E-state index contributed by atoms with van der Waals surface area (Å²) in [5.41, 5.74) is 11.2. The topological polar surface area (TPSA) is 194 Å². The van der Waals surface area contributed by atoms with E-state index >= 15 is 0 Å². The molecule has 0 fully saturated rings. The van der Waals surface area contributed by atoms with Crippen LogP contribution in [-0.2, 0) is 24.0 Å². The third kappa shape index (κ3) is 10.6. The molecule has 6 atom stereocenters. The van der Waals surface area contributed by atoms with Crippen LogP contribution in [0.3, 0.4) is 0 Å². The van der Waals surface area contributed by atoms with Crippen LogP contribution in [0.5, 0.6) is 0 Å². The van der Waals surface area contributed by atoms with Gasteiger partial charge in [-0.25, -0.2) is 4.79 Å². The molecular weight excluding hydrogens is 430 g/mol. The van der Waals surface area contributed by atoms with Crippen molar-refractivity contribution in [1.82, 2.24) is 16.0 Å². The standard InChI is InChI=1S/C22H41N5O6/c1-7-12(5)17(24)20(30)25-14(10-16(23)28)19(29)27-18(13(6)8-2)21(31)26-15(22(32)33)9-11(3)4/h11-15,17-18H,7-10,24H2,1-6H3,(H2,23,28)(H,25,30)(H,26,31)(H,27,29)(H,32,33). The summed E-state index contributed by atoms with van der Waals surface area (Å²) >= 11 is 0. The molecule has 0 rings (SSSR count). The van der Waals surface area contributed by atoms with Crippen LogP contribution in [0.4, 0.5) is 0 Å². The smallest absolute Gasteiger partial charge is 0.326 e. The Morgan fingerprint density at radius 1 is 0.788 bits per heavy atom. The first-order valence-electron chi connectivity index (χ1n) is 11.4. The van der Waals surface area contributed by atoms with Crippen molar-refractivity contribution in [2.45, 2.75) is 91.4 Å². The highest BCUT2D eigenvalue weighted by atomic mass is 16.4. The first kappa shape index (κ1) is 30.3. The van der Waals surface area contributed by atoms with Gasteiger partial charge in [0.2, 0.25) is 23.6 Å². The molecule has 0 aromatic carbocycles. The molecule has 190 valence electrons. The quantitative estimate of drug-likeness (QED) is 0.191. The van der Waals surface area contributed by atoms with Crippen LogP contribution < -0.4 is 27.4 Å². The summed E-state index contributed by atoms with van der Waals surface area (Å²) in [6, 6.07) is -4.41. The molecule has 0 radical (unpaired) electrons. The minimum absolute atomic E-state index is 0.0212. The number of primary amides is 1. The molecule has 0 heterocycles. The second-order valence-corrected chi connectivity index (χ2v) is 9.04. The van der Waals surface area contributed by atoms with Gasteiger partial charge >= 0.3 is 5.97 Å². The van der Waals surface area contributed by atoms with Gasteiger partial charge in [0, 0.05) is 0 Å². The summed E-state index contributed by atoms with van der Waals surface area (Å²) in [6.45, 7) is 10.8. The molecule has 11 heteroatoms. The number of carbonyl (C=O) groups is 5. The van der Waals surface area contributed by atoms with Gasteiger partial charge in [-0.05, 0) is 24.2 Å². The van der Waals surface area contributed by atoms with Gasteiger partial charge in [0.1, 0.15) is 18.1 Å². The van der Waals surface area contributed by atoms with E-state index in [-0.39, 0.29) is 24.2 Å². The highest BCUT2D eigenvalue weighted by Crippen LogP contribution is 2.12. The fourth-order valence-corrected chi connectivity index (χ4v) is 3.10. The van der Waals surface area contributed by atoms with Gasteiger partial charge < -0.3 is 32.5 Å². The summed E-state index contributed by atoms with van der Waals surface area (Å²) in [6.07, 6.45) is 0.880. The summed E-state index contributed by atoms with van der Waals surface area (Å²) in [7, 11) is 0. The van der Waals surface area contributed by atoms with E-state index in [0.717, 1.165) is 0 Å². The van der Waals surface area contributed by atoms with E-state index in [2.05, 4.69) is 16.0 Å². The molecule has 0 aromatic rings. The summed E-state index contributed by atoms with van der Waals surface area (Å²) in [5, 5.41) is 16.9. The third-order valence-corrected chi connectivity index (χ3v) is 5.71. The maximum Gasteiger partial charge on any atom is 0.326 e. The summed E-state index contributed by atoms with van der Waals surface area (Å²) in [4.78, 5) is 61.3. The van der Waals surface area contributed by atoms with Crippen molar-refractivity contribution < 1.29 is 29.1 Å². The average molecular weight is 472 g/mol. The molecule has 0 saturated carbocycles. The molecule has 8 N–H and O–H groups in total. The number of nitrogens with one attached hydrogen (secondary N) is 3. The molecule has 4 amide bonds. The molecule has 0 aliphatic carbocycles. The van der Waals surface area contributed by atoms with Crippen LogP contribution in [0.25, 0.3) is 0 Å². The number of hydrogen-bond acceptors (Lipinski definition) is 6. The number of nitrogens with two attached hydrogens (primary N) is 2. The molecule has 0 aliphatic rings. The van der Waals surface area contributed by atoms with Crippen LogP contribution in [0.2, 0.25) is 0 Å². The minimum atomic E-state index is -1.32. The predicted octanol–water partition coefficient (Wildman–Crippen LogP) is -0.134. The van der Waals surface area contributed by atoms with E-state index < -0.39 is 60.2 Å². The number of aliphatic carboxylic acids is 1. The lowest BCUT2D eigenvalue weighted by Crippen LogP contribution is -2.59. The first-order chi connectivity index (χ1) is 15.2. The van der Waals surface area contributed by atoms with Crippen LogP contribution in [0.1, 0.15) is 67.2 Å². The fraction of sp³-hybridized carbons (Fsp3) is 0.773. The third-order valence-electron chi connectivity index (χ3n) is 5.71. The Bertz CT molecular complexity index is 699. The second-order valence-electron chi connectivity index (χ2n) is 9.04. The van der Waals surface area contributed by atoms with Crippen molar-refractivity contribution in [3.8, 4) is 0 Å². The van der Waals surface area contributed by atoms with Crippen molar-refractivity contribution in [3.63, 3.8) is 0 Å². The lowest BCUT2D eigenvalue weighted by molar-refractivity contribution is -0.143. The lowest BCUT2D eigenvalue weighted by atomic mass is 9.96. The van der Waals surface area contributed by atoms with Crippen molar-refractivity contribution in [2.24, 2.45) is 29.2 Å². The van der Waals surface area contributed by atoms with Gasteiger partial charge in [-0.1, -0.05) is 54.4 Å². The van der Waals surface area contributed by atoms with Crippen molar-refractivity contribution >= 4 is 29.6 Å². The zero-order chi connectivity index (χ0) is 25.9. The van der Waals surface area contributed by atoms with Crippen LogP contribution in [0.15, 0.2) is 0 Å². The Labute approximate surface area is 195 Å². The number of amides is 4. The molecule has 0 aromatic heterocycles. The summed E-state index contributed by atoms with van der Waals surface area (Å²) < 4.78 is 0. The van der Waals surface area contributed by atoms with Crippen LogP contribution in [-0.4, -0.2) is 58.9 Å². The zero-order valence-electron chi connectivity index (χ0n) is 20.5. The highest BCUT2D eigenvalue weighted by molar-refractivity contribution is 5.96. The normalized spacial score (nSPS) is 16.6. The number of rotatable bonds is 15. The maximum atomic E-state index is 12.9. The average Bonchev–Trinajstić information content (AvgIpc) is 2.73. The molecule has 0 saturated heterocycles. The molecule has 0 aliphatic heterocycles. The summed E-state index contributed by atoms with van der Waals surface area (Å²) in [5.74, 6) is -4.54. The minimum Gasteiger partial charge on any atom is -0.480 e. The van der Waals surface area contributed by atoms with E-state index in [1.54, 1.807) is 13.8 Å². The fourth-order valence-electron chi connectivity index (χ4n) is 3.10. The highest BCUT2D eigenvalue weighted by Gasteiger charge is 2.33. The molecule has 0 spiro atoms. The van der Waals surface area contributed by atoms with Crippen LogP contribution >= 0.6 is 0 Å². The zero-order valence-corrected chi connectivity index (χ0v) is 20.5. The van der Waals surface area contributed by atoms with E-state index in [9.17, 15) is 29.1 Å². The van der Waals surface area contributed by atoms with Gasteiger partial charge in [0.15, 0.2) is 0 Å². The Balaban J connectivity index is 5.62. The van der Waals surface area contributed by atoms with Crippen molar-refractivity contribution in [2.75, 3.05) is 0 Å². The lowest BCUT2D eigenvalue weighted by Gasteiger charge is -2.28. The number of carbonyl (C=O) groups excluding carboxylic acids is 4. The molecule has 6 unspecified atom stereocenters. The maximum absolute atomic E-state index is 12.9. The first-order valence-corrected chi connectivity index (χ1v) is 11.4. The Morgan fingerprint density at radius 3 is 1.73 bits per heavy atom. The van der Waals surface area contributed by atoms with Gasteiger partial charge in [0.25, 0.3) is 0 Å². The van der Waals surface area contributed by atoms with E-state index in [0.29, 0.717) is 12.8 Å². The molecule has 0 bridgehead atoms. The van der Waals surface area contributed by atoms with Crippen LogP contribution in [0, 0.1) is 17.8 Å². The Morgan fingerprint density at radius 2 is 1.30 bits per heavy atom. The molecular formula is C22H41N5O6. The SMILES string of the molecule is CCC(C)C(N)C(=O)NC(CC(N)=O)C(=O)NC(C(=O)NC(CC(C)C)C(=O)O)C(C)CC. The van der Waals surface area contributed by atoms with Crippen molar-refractivity contribution in [3.05, 3.63) is 0 Å². The van der Waals surface area contributed by atoms with E-state index in [1.165, 1.54) is 0 Å². The monoisotopic (exact) mass is 471 g/mol. The van der Waals surface area contributed by atoms with Gasteiger partial charge in [0.05, 0.1) is 12.5 Å². The number of hydrogen-bond donors (Lipinski definition) is 6. The Kier molecular flexibility index (Phi) is 13.3. The number of carboxylic acids is 1. The molecule has 33 heavy (non-hydrogen) atoms. The van der Waals surface area contributed by atoms with Gasteiger partial charge in [-0.2, -0.15) is 0 Å². The largest absolute Gasteiger partial charge is 0.480 e. The Hall–Kier alpha value is -2.69. The molecule has 11 nitrogen and oxygen atoms in total. The van der Waals surface area contributed by atoms with E-state index in [4.69, 9.17) is 11.5 Å². The predicted molar refractivity (Wildman–Crippen MR) is 124 cm³/mol. The van der Waals surface area contributed by atoms with Gasteiger partial charge in [-0.3, -0.25) is 19.2 Å². The van der Waals surface area contributed by atoms with Crippen molar-refractivity contribution in [1.29, 1.82) is 0 Å².